The molecule has 2 rings (SSSR count). The van der Waals surface area contributed by atoms with Crippen LogP contribution in [0.1, 0.15) is 50.3 Å². The minimum Gasteiger partial charge on any atom is -0.314 e. The van der Waals surface area contributed by atoms with Crippen molar-refractivity contribution in [1.82, 2.24) is 10.2 Å². The zero-order chi connectivity index (χ0) is 14.0. The van der Waals surface area contributed by atoms with Crippen LogP contribution in [0.4, 0.5) is 0 Å². The molecule has 0 aromatic heterocycles. The summed E-state index contributed by atoms with van der Waals surface area (Å²) in [5.41, 5.74) is 4.47. The molecule has 0 atom stereocenters. The van der Waals surface area contributed by atoms with Crippen molar-refractivity contribution in [1.29, 1.82) is 0 Å². The van der Waals surface area contributed by atoms with Crippen LogP contribution in [0.25, 0.3) is 0 Å². The highest BCUT2D eigenvalue weighted by Gasteiger charge is 2.31. The average molecular weight is 260 g/mol. The van der Waals surface area contributed by atoms with Gasteiger partial charge < -0.3 is 5.32 Å². The summed E-state index contributed by atoms with van der Waals surface area (Å²) in [6.07, 6.45) is 0. The molecule has 1 N–H and O–H groups in total. The molecule has 2 heteroatoms. The second-order valence-corrected chi connectivity index (χ2v) is 6.53. The topological polar surface area (TPSA) is 15.3 Å². The number of rotatable bonds is 3. The van der Waals surface area contributed by atoms with Gasteiger partial charge in [-0.3, -0.25) is 4.90 Å². The second-order valence-electron chi connectivity index (χ2n) is 6.53. The molecule has 2 nitrogen and oxygen atoms in total. The highest BCUT2D eigenvalue weighted by molar-refractivity contribution is 5.37. The fourth-order valence-corrected chi connectivity index (χ4v) is 3.05. The first-order valence-electron chi connectivity index (χ1n) is 7.49. The van der Waals surface area contributed by atoms with E-state index < -0.39 is 0 Å². The van der Waals surface area contributed by atoms with E-state index in [-0.39, 0.29) is 5.54 Å². The fourth-order valence-electron chi connectivity index (χ4n) is 3.05. The van der Waals surface area contributed by atoms with Gasteiger partial charge in [0.2, 0.25) is 0 Å². The van der Waals surface area contributed by atoms with Crippen LogP contribution in [-0.4, -0.2) is 31.1 Å². The van der Waals surface area contributed by atoms with Crippen molar-refractivity contribution in [2.24, 2.45) is 0 Å². The molecule has 0 saturated carbocycles. The van der Waals surface area contributed by atoms with Gasteiger partial charge in [-0.2, -0.15) is 0 Å². The van der Waals surface area contributed by atoms with Crippen molar-refractivity contribution in [2.75, 3.05) is 26.2 Å². The highest BCUT2D eigenvalue weighted by Crippen LogP contribution is 2.32. The molecule has 0 unspecified atom stereocenters. The molecule has 106 valence electrons. The largest absolute Gasteiger partial charge is 0.314 e. The van der Waals surface area contributed by atoms with E-state index in [1.165, 1.54) is 16.7 Å². The number of nitrogens with zero attached hydrogens (tertiary/aromatic N) is 1. The first kappa shape index (κ1) is 14.5. The summed E-state index contributed by atoms with van der Waals surface area (Å²) in [5, 5.41) is 3.44. The third-order valence-electron chi connectivity index (χ3n) is 4.49. The summed E-state index contributed by atoms with van der Waals surface area (Å²) in [5.74, 6) is 0.596. The summed E-state index contributed by atoms with van der Waals surface area (Å²) in [6, 6.07) is 6.98. The Bertz CT molecular complexity index is 429. The Labute approximate surface area is 118 Å². The van der Waals surface area contributed by atoms with Crippen molar-refractivity contribution in [2.45, 2.75) is 46.1 Å². The lowest BCUT2D eigenvalue weighted by Crippen LogP contribution is -2.52. The normalized spacial score (nSPS) is 18.0. The standard InChI is InChI=1S/C17H28N2/c1-13(2)15-7-6-14(3)16(12-15)17(4,5)19-10-8-18-9-11-19/h6-7,12-13,18H,8-11H2,1-5H3. The van der Waals surface area contributed by atoms with Gasteiger partial charge in [0.15, 0.2) is 0 Å². The Morgan fingerprint density at radius 1 is 1.16 bits per heavy atom. The van der Waals surface area contributed by atoms with E-state index in [1.807, 2.05) is 0 Å². The predicted molar refractivity (Wildman–Crippen MR) is 82.7 cm³/mol. The third-order valence-corrected chi connectivity index (χ3v) is 4.49. The molecule has 19 heavy (non-hydrogen) atoms. The van der Waals surface area contributed by atoms with E-state index in [2.05, 4.69) is 63.0 Å². The van der Waals surface area contributed by atoms with Crippen molar-refractivity contribution in [3.63, 3.8) is 0 Å². The maximum absolute atomic E-state index is 3.44. The molecule has 0 aliphatic carbocycles. The van der Waals surface area contributed by atoms with Crippen LogP contribution < -0.4 is 5.32 Å². The van der Waals surface area contributed by atoms with E-state index in [1.54, 1.807) is 0 Å². The van der Waals surface area contributed by atoms with Gasteiger partial charge in [0.05, 0.1) is 0 Å². The van der Waals surface area contributed by atoms with E-state index in [4.69, 9.17) is 0 Å². The summed E-state index contributed by atoms with van der Waals surface area (Å²) in [7, 11) is 0. The Morgan fingerprint density at radius 3 is 2.37 bits per heavy atom. The minimum atomic E-state index is 0.122. The molecule has 1 aliphatic rings. The lowest BCUT2D eigenvalue weighted by atomic mass is 9.85. The molecule has 1 fully saturated rings. The molecule has 0 amide bonds. The summed E-state index contributed by atoms with van der Waals surface area (Å²) in [6.45, 7) is 16.0. The Morgan fingerprint density at radius 2 is 1.79 bits per heavy atom. The SMILES string of the molecule is Cc1ccc(C(C)C)cc1C(C)(C)N1CCNCC1. The van der Waals surface area contributed by atoms with Gasteiger partial charge in [0.25, 0.3) is 0 Å². The van der Waals surface area contributed by atoms with Gasteiger partial charge in [-0.1, -0.05) is 32.0 Å². The Balaban J connectivity index is 2.35. The predicted octanol–water partition coefficient (Wildman–Crippen LogP) is 3.26. The third kappa shape index (κ3) is 3.01. The summed E-state index contributed by atoms with van der Waals surface area (Å²) < 4.78 is 0. The Kier molecular flexibility index (Phi) is 4.32. The maximum atomic E-state index is 3.44. The number of benzene rings is 1. The molecule has 1 aromatic carbocycles. The maximum Gasteiger partial charge on any atom is 0.0408 e. The van der Waals surface area contributed by atoms with Crippen LogP contribution in [-0.2, 0) is 5.54 Å². The van der Waals surface area contributed by atoms with Crippen molar-refractivity contribution in [3.8, 4) is 0 Å². The number of nitrogens with one attached hydrogen (secondary N) is 1. The van der Waals surface area contributed by atoms with Crippen LogP contribution in [0.3, 0.4) is 0 Å². The molecule has 1 aromatic rings. The van der Waals surface area contributed by atoms with Crippen LogP contribution in [0.15, 0.2) is 18.2 Å². The smallest absolute Gasteiger partial charge is 0.0408 e. The zero-order valence-electron chi connectivity index (χ0n) is 13.1. The van der Waals surface area contributed by atoms with E-state index in [0.29, 0.717) is 5.92 Å². The monoisotopic (exact) mass is 260 g/mol. The van der Waals surface area contributed by atoms with Crippen LogP contribution in [0.2, 0.25) is 0 Å². The second kappa shape index (κ2) is 5.64. The first-order chi connectivity index (χ1) is 8.93. The Hall–Kier alpha value is -0.860. The quantitative estimate of drug-likeness (QED) is 0.897. The molecule has 0 radical (unpaired) electrons. The van der Waals surface area contributed by atoms with Gasteiger partial charge >= 0.3 is 0 Å². The molecule has 1 heterocycles. The van der Waals surface area contributed by atoms with Crippen LogP contribution in [0, 0.1) is 6.92 Å². The molecular formula is C17H28N2. The number of piperazine rings is 1. The zero-order valence-corrected chi connectivity index (χ0v) is 13.1. The van der Waals surface area contributed by atoms with Crippen molar-refractivity contribution in [3.05, 3.63) is 34.9 Å². The molecule has 0 bridgehead atoms. The number of hydrogen-bond acceptors (Lipinski definition) is 2. The molecule has 1 saturated heterocycles. The van der Waals surface area contributed by atoms with E-state index >= 15 is 0 Å². The average Bonchev–Trinajstić information content (AvgIpc) is 2.39. The minimum absolute atomic E-state index is 0.122. The fraction of sp³-hybridized carbons (Fsp3) is 0.647. The number of hydrogen-bond donors (Lipinski definition) is 1. The van der Waals surface area contributed by atoms with Crippen molar-refractivity contribution >= 4 is 0 Å². The van der Waals surface area contributed by atoms with Gasteiger partial charge in [-0.25, -0.2) is 0 Å². The molecule has 1 aliphatic heterocycles. The van der Waals surface area contributed by atoms with Gasteiger partial charge in [0, 0.05) is 31.7 Å². The van der Waals surface area contributed by atoms with Crippen LogP contribution in [0.5, 0.6) is 0 Å². The summed E-state index contributed by atoms with van der Waals surface area (Å²) in [4.78, 5) is 2.61. The summed E-state index contributed by atoms with van der Waals surface area (Å²) >= 11 is 0. The lowest BCUT2D eigenvalue weighted by molar-refractivity contribution is 0.102. The van der Waals surface area contributed by atoms with Crippen molar-refractivity contribution < 1.29 is 0 Å². The van der Waals surface area contributed by atoms with Gasteiger partial charge in [-0.05, 0) is 43.4 Å². The molecular weight excluding hydrogens is 232 g/mol. The van der Waals surface area contributed by atoms with Crippen LogP contribution >= 0.6 is 0 Å². The highest BCUT2D eigenvalue weighted by atomic mass is 15.2. The van der Waals surface area contributed by atoms with E-state index in [9.17, 15) is 0 Å². The molecule has 0 spiro atoms. The lowest BCUT2D eigenvalue weighted by Gasteiger charge is -2.42. The first-order valence-corrected chi connectivity index (χ1v) is 7.49. The van der Waals surface area contributed by atoms with Gasteiger partial charge in [-0.15, -0.1) is 0 Å². The van der Waals surface area contributed by atoms with E-state index in [0.717, 1.165) is 26.2 Å². The number of aryl methyl sites for hydroxylation is 1. The van der Waals surface area contributed by atoms with Gasteiger partial charge in [0.1, 0.15) is 0 Å².